The van der Waals surface area contributed by atoms with Crippen molar-refractivity contribution in [3.05, 3.63) is 0 Å². The van der Waals surface area contributed by atoms with E-state index in [1.54, 1.807) is 0 Å². The van der Waals surface area contributed by atoms with E-state index < -0.39 is 36.5 Å². The van der Waals surface area contributed by atoms with Gasteiger partial charge in [-0.2, -0.15) is 0 Å². The normalized spacial score (nSPS) is 11.8. The van der Waals surface area contributed by atoms with Crippen molar-refractivity contribution in [3.8, 4) is 0 Å². The zero-order valence-corrected chi connectivity index (χ0v) is 36.8. The summed E-state index contributed by atoms with van der Waals surface area (Å²) in [6.07, 6.45) is 26.1. The maximum absolute atomic E-state index is 12.9. The molecule has 0 heterocycles. The Bertz CT molecular complexity index is 915. The zero-order valence-electron chi connectivity index (χ0n) is 36.8. The fourth-order valence-corrected chi connectivity index (χ4v) is 6.58. The van der Waals surface area contributed by atoms with Crippen molar-refractivity contribution in [2.75, 3.05) is 52.6 Å². The van der Waals surface area contributed by atoms with E-state index >= 15 is 0 Å². The van der Waals surface area contributed by atoms with E-state index in [9.17, 15) is 19.2 Å². The van der Waals surface area contributed by atoms with E-state index in [-0.39, 0.29) is 32.5 Å². The fourth-order valence-electron chi connectivity index (χ4n) is 6.58. The van der Waals surface area contributed by atoms with Gasteiger partial charge in [0.2, 0.25) is 0 Å². The van der Waals surface area contributed by atoms with Crippen LogP contribution in [-0.4, -0.2) is 87.8 Å². The van der Waals surface area contributed by atoms with Crippen LogP contribution in [0.4, 0.5) is 9.59 Å². The molecule has 330 valence electrons. The predicted molar refractivity (Wildman–Crippen MR) is 226 cm³/mol. The third-order valence-electron chi connectivity index (χ3n) is 10.2. The summed E-state index contributed by atoms with van der Waals surface area (Å²) in [5.41, 5.74) is 0. The van der Waals surface area contributed by atoms with Gasteiger partial charge in [-0.25, -0.2) is 9.59 Å². The van der Waals surface area contributed by atoms with E-state index in [0.717, 1.165) is 77.4 Å². The van der Waals surface area contributed by atoms with Gasteiger partial charge >= 0.3 is 24.2 Å². The highest BCUT2D eigenvalue weighted by Crippen LogP contribution is 2.18. The van der Waals surface area contributed by atoms with E-state index in [2.05, 4.69) is 44.8 Å². The SMILES string of the molecule is CCCCCCCCCCCCNC(=O)OCC(COC(=O)CC(=O)OC(CCCCCCCC)CCCCCCCC)COC(=O)OCCCN(CC)CC. The Morgan fingerprint density at radius 1 is 0.500 bits per heavy atom. The van der Waals surface area contributed by atoms with Gasteiger partial charge in [0.05, 0.1) is 12.5 Å². The number of ether oxygens (including phenoxy) is 5. The number of nitrogens with zero attached hydrogens (tertiary/aromatic N) is 1. The maximum atomic E-state index is 12.9. The van der Waals surface area contributed by atoms with Crippen LogP contribution in [0.15, 0.2) is 0 Å². The highest BCUT2D eigenvalue weighted by Gasteiger charge is 2.22. The largest absolute Gasteiger partial charge is 0.508 e. The molecule has 0 rings (SSSR count). The lowest BCUT2D eigenvalue weighted by atomic mass is 10.0. The third kappa shape index (κ3) is 35.8. The Kier molecular flexibility index (Phi) is 38.8. The molecule has 1 amide bonds. The molecule has 56 heavy (non-hydrogen) atoms. The first-order chi connectivity index (χ1) is 27.3. The fraction of sp³-hybridized carbons (Fsp3) is 0.911. The van der Waals surface area contributed by atoms with E-state index in [4.69, 9.17) is 23.7 Å². The number of carbonyl (C=O) groups is 4. The molecule has 0 radical (unpaired) electrons. The van der Waals surface area contributed by atoms with Crippen molar-refractivity contribution in [1.29, 1.82) is 0 Å². The Labute approximate surface area is 342 Å². The molecule has 0 fully saturated rings. The van der Waals surface area contributed by atoms with Crippen molar-refractivity contribution in [3.63, 3.8) is 0 Å². The summed E-state index contributed by atoms with van der Waals surface area (Å²) in [6.45, 7) is 13.6. The van der Waals surface area contributed by atoms with Gasteiger partial charge in [-0.3, -0.25) is 9.59 Å². The molecule has 11 nitrogen and oxygen atoms in total. The van der Waals surface area contributed by atoms with Gasteiger partial charge in [-0.15, -0.1) is 0 Å². The van der Waals surface area contributed by atoms with E-state index in [1.807, 2.05) is 0 Å². The second-order valence-corrected chi connectivity index (χ2v) is 15.4. The summed E-state index contributed by atoms with van der Waals surface area (Å²) in [4.78, 5) is 52.6. The number of esters is 2. The number of carbonyl (C=O) groups excluding carboxylic acids is 4. The van der Waals surface area contributed by atoms with Crippen LogP contribution in [0.25, 0.3) is 0 Å². The quantitative estimate of drug-likeness (QED) is 0.0277. The molecule has 0 spiro atoms. The molecule has 0 aliphatic heterocycles. The highest BCUT2D eigenvalue weighted by atomic mass is 16.7. The van der Waals surface area contributed by atoms with Gasteiger partial charge in [0.25, 0.3) is 0 Å². The molecule has 1 unspecified atom stereocenters. The first kappa shape index (κ1) is 53.4. The van der Waals surface area contributed by atoms with Crippen LogP contribution in [0.2, 0.25) is 0 Å². The Morgan fingerprint density at radius 2 is 0.964 bits per heavy atom. The standard InChI is InChI=1S/C45H86N2O9/c1-6-11-14-17-20-21-22-23-26-29-33-46-44(50)54-38-40(39-55-45(51)52-35-30-34-47(9-4)10-5)37-53-42(48)36-43(49)56-41(31-27-24-18-15-12-7-2)32-28-25-19-16-13-8-3/h40-41H,6-39H2,1-5H3,(H,46,50). The average molecular weight is 799 g/mol. The van der Waals surface area contributed by atoms with Gasteiger partial charge in [-0.1, -0.05) is 157 Å². The van der Waals surface area contributed by atoms with Gasteiger partial charge in [0, 0.05) is 13.1 Å². The van der Waals surface area contributed by atoms with Crippen molar-refractivity contribution in [1.82, 2.24) is 10.2 Å². The minimum Gasteiger partial charge on any atom is -0.465 e. The van der Waals surface area contributed by atoms with Crippen LogP contribution in [0.1, 0.15) is 202 Å². The molecule has 0 aliphatic rings. The lowest BCUT2D eigenvalue weighted by Crippen LogP contribution is -2.31. The van der Waals surface area contributed by atoms with Crippen molar-refractivity contribution >= 4 is 24.2 Å². The highest BCUT2D eigenvalue weighted by molar-refractivity contribution is 5.91. The van der Waals surface area contributed by atoms with Gasteiger partial charge in [0.15, 0.2) is 0 Å². The lowest BCUT2D eigenvalue weighted by Gasteiger charge is -2.19. The summed E-state index contributed by atoms with van der Waals surface area (Å²) in [6, 6.07) is 0. The number of hydrogen-bond acceptors (Lipinski definition) is 10. The number of alkyl carbamates (subject to hydrolysis) is 1. The number of hydrogen-bond donors (Lipinski definition) is 1. The smallest absolute Gasteiger partial charge is 0.465 e. The first-order valence-corrected chi connectivity index (χ1v) is 23.1. The Balaban J connectivity index is 4.91. The predicted octanol–water partition coefficient (Wildman–Crippen LogP) is 11.5. The molecule has 0 aliphatic carbocycles. The summed E-state index contributed by atoms with van der Waals surface area (Å²) >= 11 is 0. The Morgan fingerprint density at radius 3 is 1.48 bits per heavy atom. The molecule has 0 bridgehead atoms. The molecule has 0 saturated carbocycles. The van der Waals surface area contributed by atoms with Crippen LogP contribution in [0.3, 0.4) is 0 Å². The molecular formula is C45H86N2O9. The van der Waals surface area contributed by atoms with Crippen LogP contribution >= 0.6 is 0 Å². The van der Waals surface area contributed by atoms with Crippen LogP contribution in [0, 0.1) is 5.92 Å². The molecule has 1 atom stereocenters. The summed E-state index contributed by atoms with van der Waals surface area (Å²) in [7, 11) is 0. The van der Waals surface area contributed by atoms with Gasteiger partial charge in [0.1, 0.15) is 32.3 Å². The lowest BCUT2D eigenvalue weighted by molar-refractivity contribution is -0.159. The number of rotatable bonds is 40. The number of unbranched alkanes of at least 4 members (excludes halogenated alkanes) is 19. The molecule has 1 N–H and O–H groups in total. The van der Waals surface area contributed by atoms with Crippen LogP contribution in [0.5, 0.6) is 0 Å². The van der Waals surface area contributed by atoms with Gasteiger partial charge < -0.3 is 33.9 Å². The van der Waals surface area contributed by atoms with Crippen LogP contribution in [-0.2, 0) is 33.3 Å². The minimum atomic E-state index is -0.836. The monoisotopic (exact) mass is 799 g/mol. The minimum absolute atomic E-state index is 0.143. The topological polar surface area (TPSA) is 130 Å². The van der Waals surface area contributed by atoms with Crippen molar-refractivity contribution in [2.24, 2.45) is 5.92 Å². The zero-order chi connectivity index (χ0) is 41.3. The Hall–Kier alpha value is -2.56. The summed E-state index contributed by atoms with van der Waals surface area (Å²) in [5.74, 6) is -1.97. The second-order valence-electron chi connectivity index (χ2n) is 15.4. The van der Waals surface area contributed by atoms with Gasteiger partial charge in [-0.05, 0) is 51.6 Å². The second kappa shape index (κ2) is 40.6. The van der Waals surface area contributed by atoms with Crippen LogP contribution < -0.4 is 5.32 Å². The summed E-state index contributed by atoms with van der Waals surface area (Å²) in [5, 5.41) is 2.78. The molecule has 0 aromatic rings. The first-order valence-electron chi connectivity index (χ1n) is 23.1. The maximum Gasteiger partial charge on any atom is 0.508 e. The number of nitrogens with one attached hydrogen (secondary N) is 1. The van der Waals surface area contributed by atoms with E-state index in [0.29, 0.717) is 13.0 Å². The number of amides is 1. The molecule has 0 aromatic carbocycles. The molecular weight excluding hydrogens is 713 g/mol. The van der Waals surface area contributed by atoms with Crippen molar-refractivity contribution in [2.45, 2.75) is 208 Å². The molecule has 11 heteroatoms. The third-order valence-corrected chi connectivity index (χ3v) is 10.2. The summed E-state index contributed by atoms with van der Waals surface area (Å²) < 4.78 is 27.2. The van der Waals surface area contributed by atoms with E-state index in [1.165, 1.54) is 96.3 Å². The van der Waals surface area contributed by atoms with Crippen molar-refractivity contribution < 1.29 is 42.9 Å². The molecule has 0 aromatic heterocycles. The average Bonchev–Trinajstić information content (AvgIpc) is 3.19. The molecule has 0 saturated heterocycles.